The van der Waals surface area contributed by atoms with E-state index in [0.717, 1.165) is 0 Å². The Bertz CT molecular complexity index is 1500. The highest BCUT2D eigenvalue weighted by Gasteiger charge is 2.19. The second-order valence-electron chi connectivity index (χ2n) is 9.02. The van der Waals surface area contributed by atoms with Crippen LogP contribution in [0, 0.1) is 0 Å². The molecular formula is C35H26. The van der Waals surface area contributed by atoms with Crippen LogP contribution in [0.2, 0.25) is 0 Å². The molecule has 0 bridgehead atoms. The van der Waals surface area contributed by atoms with Gasteiger partial charge in [0, 0.05) is 5.92 Å². The van der Waals surface area contributed by atoms with Crippen molar-refractivity contribution in [2.24, 2.45) is 0 Å². The van der Waals surface area contributed by atoms with Gasteiger partial charge in [0.2, 0.25) is 0 Å². The van der Waals surface area contributed by atoms with Crippen LogP contribution in [-0.4, -0.2) is 0 Å². The molecule has 0 heterocycles. The number of hydrogen-bond donors (Lipinski definition) is 0. The van der Waals surface area contributed by atoms with E-state index < -0.39 is 0 Å². The molecule has 6 rings (SSSR count). The third-order valence-electron chi connectivity index (χ3n) is 6.76. The Balaban J connectivity index is 1.53. The molecule has 0 N–H and O–H groups in total. The van der Waals surface area contributed by atoms with Gasteiger partial charge in [0.25, 0.3) is 0 Å². The monoisotopic (exact) mass is 446 g/mol. The second kappa shape index (κ2) is 9.44. The highest BCUT2D eigenvalue weighted by atomic mass is 14.2. The molecule has 6 aromatic carbocycles. The highest BCUT2D eigenvalue weighted by molar-refractivity contribution is 5.83. The van der Waals surface area contributed by atoms with Crippen molar-refractivity contribution in [2.75, 3.05) is 0 Å². The Morgan fingerprint density at radius 2 is 0.743 bits per heavy atom. The molecule has 0 aliphatic carbocycles. The van der Waals surface area contributed by atoms with E-state index in [1.165, 1.54) is 49.7 Å². The summed E-state index contributed by atoms with van der Waals surface area (Å²) in [6.45, 7) is 0. The predicted molar refractivity (Wildman–Crippen MR) is 149 cm³/mol. The van der Waals surface area contributed by atoms with Crippen molar-refractivity contribution < 1.29 is 0 Å². The van der Waals surface area contributed by atoms with Crippen LogP contribution in [0.25, 0.3) is 33.0 Å². The van der Waals surface area contributed by atoms with Gasteiger partial charge in [-0.3, -0.25) is 0 Å². The van der Waals surface area contributed by atoms with Crippen molar-refractivity contribution in [2.45, 2.75) is 5.92 Å². The average Bonchev–Trinajstić information content (AvgIpc) is 2.94. The lowest BCUT2D eigenvalue weighted by atomic mass is 9.82. The molecule has 0 heteroatoms. The van der Waals surface area contributed by atoms with Gasteiger partial charge in [-0.05, 0) is 49.7 Å². The van der Waals surface area contributed by atoms with Gasteiger partial charge in [-0.1, -0.05) is 152 Å². The molecule has 166 valence electrons. The molecule has 0 aliphatic heterocycles. The quantitative estimate of drug-likeness (QED) is 0.231. The van der Waals surface area contributed by atoms with Crippen molar-refractivity contribution >= 4 is 10.8 Å². The molecule has 0 saturated carbocycles. The second-order valence-corrected chi connectivity index (χ2v) is 9.02. The minimum Gasteiger partial charge on any atom is -0.0622 e. The zero-order valence-electron chi connectivity index (χ0n) is 19.5. The first kappa shape index (κ1) is 21.1. The molecule has 0 nitrogen and oxygen atoms in total. The highest BCUT2D eigenvalue weighted by Crippen LogP contribution is 2.37. The summed E-state index contributed by atoms with van der Waals surface area (Å²) in [6.07, 6.45) is 0. The summed E-state index contributed by atoms with van der Waals surface area (Å²) in [5, 5.41) is 2.54. The molecule has 35 heavy (non-hydrogen) atoms. The Morgan fingerprint density at radius 1 is 0.286 bits per heavy atom. The SMILES string of the molecule is c1ccc(-c2cccc(C(c3cccc(-c4ccccc4)c3)c3ccc4ccccc4c3)c2)cc1. The fourth-order valence-electron chi connectivity index (χ4n) is 5.02. The smallest absolute Gasteiger partial charge is 0.0340 e. The molecule has 0 aromatic heterocycles. The molecule has 0 radical (unpaired) electrons. The molecule has 0 spiro atoms. The normalized spacial score (nSPS) is 11.1. The number of benzene rings is 6. The van der Waals surface area contributed by atoms with E-state index >= 15 is 0 Å². The first-order chi connectivity index (χ1) is 17.3. The molecular weight excluding hydrogens is 420 g/mol. The summed E-state index contributed by atoms with van der Waals surface area (Å²) in [6, 6.07) is 54.8. The Kier molecular flexibility index (Phi) is 5.70. The zero-order valence-corrected chi connectivity index (χ0v) is 19.5. The summed E-state index contributed by atoms with van der Waals surface area (Å²) in [5.74, 6) is 0.131. The van der Waals surface area contributed by atoms with Crippen LogP contribution in [0.1, 0.15) is 22.6 Å². The molecule has 0 fully saturated rings. The largest absolute Gasteiger partial charge is 0.0622 e. The molecule has 0 saturated heterocycles. The lowest BCUT2D eigenvalue weighted by Gasteiger charge is -2.21. The standard InChI is InChI=1S/C35H26/c1-3-11-26(12-4-1)30-17-9-19-32(23-30)35(34-22-21-28-15-7-8-16-29(28)25-34)33-20-10-18-31(24-33)27-13-5-2-6-14-27/h1-25,35H. The zero-order chi connectivity index (χ0) is 23.5. The van der Waals surface area contributed by atoms with Gasteiger partial charge in [-0.25, -0.2) is 0 Å². The summed E-state index contributed by atoms with van der Waals surface area (Å²) in [5.41, 5.74) is 8.87. The maximum Gasteiger partial charge on any atom is 0.0340 e. The Morgan fingerprint density at radius 3 is 1.31 bits per heavy atom. The van der Waals surface area contributed by atoms with Crippen molar-refractivity contribution in [1.82, 2.24) is 0 Å². The average molecular weight is 447 g/mol. The summed E-state index contributed by atoms with van der Waals surface area (Å²) in [7, 11) is 0. The van der Waals surface area contributed by atoms with Gasteiger partial charge in [0.15, 0.2) is 0 Å². The number of hydrogen-bond acceptors (Lipinski definition) is 0. The van der Waals surface area contributed by atoms with Crippen LogP contribution in [-0.2, 0) is 0 Å². The van der Waals surface area contributed by atoms with Crippen LogP contribution in [0.3, 0.4) is 0 Å². The third-order valence-corrected chi connectivity index (χ3v) is 6.76. The Hall–Kier alpha value is -4.42. The van der Waals surface area contributed by atoms with E-state index in [1.54, 1.807) is 0 Å². The van der Waals surface area contributed by atoms with Crippen molar-refractivity contribution in [3.05, 3.63) is 168 Å². The van der Waals surface area contributed by atoms with E-state index in [2.05, 4.69) is 152 Å². The van der Waals surface area contributed by atoms with Gasteiger partial charge in [-0.15, -0.1) is 0 Å². The van der Waals surface area contributed by atoms with Crippen molar-refractivity contribution in [1.29, 1.82) is 0 Å². The maximum absolute atomic E-state index is 2.35. The molecule has 0 amide bonds. The van der Waals surface area contributed by atoms with Crippen LogP contribution in [0.15, 0.2) is 152 Å². The topological polar surface area (TPSA) is 0 Å². The number of fused-ring (bicyclic) bond motifs is 1. The van der Waals surface area contributed by atoms with E-state index in [0.29, 0.717) is 0 Å². The minimum atomic E-state index is 0.131. The minimum absolute atomic E-state index is 0.131. The van der Waals surface area contributed by atoms with E-state index in [1.807, 2.05) is 0 Å². The van der Waals surface area contributed by atoms with E-state index in [9.17, 15) is 0 Å². The van der Waals surface area contributed by atoms with Gasteiger partial charge in [0.05, 0.1) is 0 Å². The first-order valence-corrected chi connectivity index (χ1v) is 12.1. The van der Waals surface area contributed by atoms with Gasteiger partial charge in [-0.2, -0.15) is 0 Å². The Labute approximate surface area is 207 Å². The van der Waals surface area contributed by atoms with E-state index in [-0.39, 0.29) is 5.92 Å². The van der Waals surface area contributed by atoms with Crippen LogP contribution in [0.4, 0.5) is 0 Å². The fourth-order valence-corrected chi connectivity index (χ4v) is 5.02. The molecule has 0 unspecified atom stereocenters. The predicted octanol–water partition coefficient (Wildman–Crippen LogP) is 9.35. The van der Waals surface area contributed by atoms with Crippen molar-refractivity contribution in [3.63, 3.8) is 0 Å². The van der Waals surface area contributed by atoms with Gasteiger partial charge in [0.1, 0.15) is 0 Å². The lowest BCUT2D eigenvalue weighted by Crippen LogP contribution is -2.04. The maximum atomic E-state index is 2.35. The van der Waals surface area contributed by atoms with E-state index in [4.69, 9.17) is 0 Å². The molecule has 0 atom stereocenters. The lowest BCUT2D eigenvalue weighted by molar-refractivity contribution is 0.981. The molecule has 6 aromatic rings. The summed E-state index contributed by atoms with van der Waals surface area (Å²) >= 11 is 0. The van der Waals surface area contributed by atoms with Crippen molar-refractivity contribution in [3.8, 4) is 22.3 Å². The van der Waals surface area contributed by atoms with Gasteiger partial charge >= 0.3 is 0 Å². The molecule has 0 aliphatic rings. The third kappa shape index (κ3) is 4.39. The summed E-state index contributed by atoms with van der Waals surface area (Å²) < 4.78 is 0. The van der Waals surface area contributed by atoms with Crippen LogP contribution in [0.5, 0.6) is 0 Å². The van der Waals surface area contributed by atoms with Crippen LogP contribution < -0.4 is 0 Å². The fraction of sp³-hybridized carbons (Fsp3) is 0.0286. The first-order valence-electron chi connectivity index (χ1n) is 12.1. The summed E-state index contributed by atoms with van der Waals surface area (Å²) in [4.78, 5) is 0. The van der Waals surface area contributed by atoms with Crippen LogP contribution >= 0.6 is 0 Å². The van der Waals surface area contributed by atoms with Gasteiger partial charge < -0.3 is 0 Å². The number of rotatable bonds is 5.